The zero-order valence-electron chi connectivity index (χ0n) is 11.9. The van der Waals surface area contributed by atoms with Crippen LogP contribution < -0.4 is 10.6 Å². The molecule has 0 bridgehead atoms. The summed E-state index contributed by atoms with van der Waals surface area (Å²) in [6.45, 7) is 2.15. The fourth-order valence-corrected chi connectivity index (χ4v) is 4.03. The minimum Gasteiger partial charge on any atom is -0.383 e. The highest BCUT2D eigenvalue weighted by Crippen LogP contribution is 2.37. The number of nitrogens with two attached hydrogens (primary N) is 1. The van der Waals surface area contributed by atoms with E-state index in [0.717, 1.165) is 22.6 Å². The Morgan fingerprint density at radius 3 is 2.25 bits per heavy atom. The van der Waals surface area contributed by atoms with Gasteiger partial charge in [-0.05, 0) is 48.3 Å². The van der Waals surface area contributed by atoms with Gasteiger partial charge in [0.1, 0.15) is 5.82 Å². The Morgan fingerprint density at radius 2 is 1.60 bits per heavy atom. The maximum atomic E-state index is 6.15. The topological polar surface area (TPSA) is 55.0 Å². The second-order valence-electron chi connectivity index (χ2n) is 5.99. The molecule has 110 valence electrons. The fraction of sp³-hybridized carbons (Fsp3) is 0.733. The summed E-state index contributed by atoms with van der Waals surface area (Å²) in [6.07, 6.45) is 10.3. The molecule has 3 rings (SSSR count). The molecule has 2 heterocycles. The van der Waals surface area contributed by atoms with E-state index in [9.17, 15) is 0 Å². The third-order valence-electron chi connectivity index (χ3n) is 4.52. The SMILES string of the molecule is Nc1nc(N2CCCCCC2)nc(C2CCCC2)c1I. The van der Waals surface area contributed by atoms with Crippen molar-refractivity contribution in [2.75, 3.05) is 23.7 Å². The quantitative estimate of drug-likeness (QED) is 0.788. The van der Waals surface area contributed by atoms with Crippen LogP contribution in [0.15, 0.2) is 0 Å². The molecule has 0 amide bonds. The van der Waals surface area contributed by atoms with Gasteiger partial charge in [0.15, 0.2) is 0 Å². The Hall–Kier alpha value is -0.590. The summed E-state index contributed by atoms with van der Waals surface area (Å²) >= 11 is 2.32. The summed E-state index contributed by atoms with van der Waals surface area (Å²) in [5.41, 5.74) is 7.35. The van der Waals surface area contributed by atoms with Crippen LogP contribution >= 0.6 is 22.6 Å². The predicted molar refractivity (Wildman–Crippen MR) is 91.1 cm³/mol. The van der Waals surface area contributed by atoms with Crippen molar-refractivity contribution >= 4 is 34.4 Å². The molecule has 0 unspecified atom stereocenters. The van der Waals surface area contributed by atoms with Gasteiger partial charge in [0.25, 0.3) is 0 Å². The lowest BCUT2D eigenvalue weighted by Gasteiger charge is -2.22. The van der Waals surface area contributed by atoms with Gasteiger partial charge in [-0.3, -0.25) is 0 Å². The lowest BCUT2D eigenvalue weighted by Crippen LogP contribution is -2.27. The van der Waals surface area contributed by atoms with Gasteiger partial charge in [0.2, 0.25) is 5.95 Å². The summed E-state index contributed by atoms with van der Waals surface area (Å²) < 4.78 is 1.08. The van der Waals surface area contributed by atoms with Crippen LogP contribution in [0.1, 0.15) is 63.0 Å². The maximum Gasteiger partial charge on any atom is 0.227 e. The third kappa shape index (κ3) is 3.02. The van der Waals surface area contributed by atoms with Crippen molar-refractivity contribution in [2.45, 2.75) is 57.3 Å². The van der Waals surface area contributed by atoms with Crippen molar-refractivity contribution in [3.05, 3.63) is 9.26 Å². The van der Waals surface area contributed by atoms with Crippen LogP contribution in [-0.2, 0) is 0 Å². The normalized spacial score (nSPS) is 21.1. The highest BCUT2D eigenvalue weighted by atomic mass is 127. The molecule has 1 aliphatic heterocycles. The van der Waals surface area contributed by atoms with Crippen molar-refractivity contribution in [1.29, 1.82) is 0 Å². The summed E-state index contributed by atoms with van der Waals surface area (Å²) in [5.74, 6) is 2.13. The van der Waals surface area contributed by atoms with Crippen LogP contribution in [0.3, 0.4) is 0 Å². The molecule has 0 spiro atoms. The molecule has 1 aromatic rings. The Labute approximate surface area is 134 Å². The molecular formula is C15H23IN4. The van der Waals surface area contributed by atoms with Crippen LogP contribution in [-0.4, -0.2) is 23.1 Å². The first-order valence-corrected chi connectivity index (χ1v) is 8.91. The van der Waals surface area contributed by atoms with Crippen LogP contribution in [0.5, 0.6) is 0 Å². The first kappa shape index (κ1) is 14.4. The number of rotatable bonds is 2. The second kappa shape index (κ2) is 6.45. The van der Waals surface area contributed by atoms with E-state index in [1.54, 1.807) is 0 Å². The van der Waals surface area contributed by atoms with Crippen molar-refractivity contribution in [1.82, 2.24) is 9.97 Å². The van der Waals surface area contributed by atoms with Crippen molar-refractivity contribution < 1.29 is 0 Å². The van der Waals surface area contributed by atoms with Crippen molar-refractivity contribution in [2.24, 2.45) is 0 Å². The maximum absolute atomic E-state index is 6.15. The number of halogens is 1. The van der Waals surface area contributed by atoms with Gasteiger partial charge in [-0.2, -0.15) is 4.98 Å². The van der Waals surface area contributed by atoms with E-state index in [4.69, 9.17) is 10.7 Å². The number of nitrogen functional groups attached to an aromatic ring is 1. The third-order valence-corrected chi connectivity index (χ3v) is 5.63. The number of hydrogen-bond donors (Lipinski definition) is 1. The van der Waals surface area contributed by atoms with Gasteiger partial charge >= 0.3 is 0 Å². The van der Waals surface area contributed by atoms with Gasteiger partial charge in [-0.25, -0.2) is 4.98 Å². The van der Waals surface area contributed by atoms with Gasteiger partial charge in [0, 0.05) is 19.0 Å². The summed E-state index contributed by atoms with van der Waals surface area (Å²) in [7, 11) is 0. The molecule has 2 fully saturated rings. The zero-order chi connectivity index (χ0) is 13.9. The molecule has 0 radical (unpaired) electrons. The van der Waals surface area contributed by atoms with E-state index >= 15 is 0 Å². The summed E-state index contributed by atoms with van der Waals surface area (Å²) in [5, 5.41) is 0. The lowest BCUT2D eigenvalue weighted by molar-refractivity contribution is 0.679. The molecule has 5 heteroatoms. The van der Waals surface area contributed by atoms with Crippen LogP contribution in [0.2, 0.25) is 0 Å². The van der Waals surface area contributed by atoms with Gasteiger partial charge < -0.3 is 10.6 Å². The smallest absolute Gasteiger partial charge is 0.227 e. The Kier molecular flexibility index (Phi) is 4.63. The van der Waals surface area contributed by atoms with E-state index in [1.165, 1.54) is 57.1 Å². The standard InChI is InChI=1S/C15H23IN4/c16-12-13(11-7-3-4-8-11)18-15(19-14(12)17)20-9-5-1-2-6-10-20/h11H,1-10H2,(H2,17,18,19). The van der Waals surface area contributed by atoms with Crippen LogP contribution in [0, 0.1) is 3.57 Å². The number of aromatic nitrogens is 2. The predicted octanol–water partition coefficient (Wildman–Crippen LogP) is 3.70. The van der Waals surface area contributed by atoms with E-state index in [2.05, 4.69) is 32.5 Å². The first-order chi connectivity index (χ1) is 9.75. The summed E-state index contributed by atoms with van der Waals surface area (Å²) in [4.78, 5) is 11.8. The molecule has 1 saturated heterocycles. The minimum absolute atomic E-state index is 0.595. The first-order valence-electron chi connectivity index (χ1n) is 7.83. The van der Waals surface area contributed by atoms with E-state index in [-0.39, 0.29) is 0 Å². The van der Waals surface area contributed by atoms with Crippen LogP contribution in [0.4, 0.5) is 11.8 Å². The largest absolute Gasteiger partial charge is 0.383 e. The molecule has 0 atom stereocenters. The highest BCUT2D eigenvalue weighted by molar-refractivity contribution is 14.1. The monoisotopic (exact) mass is 386 g/mol. The molecule has 1 saturated carbocycles. The lowest BCUT2D eigenvalue weighted by atomic mass is 10.0. The Balaban J connectivity index is 1.90. The minimum atomic E-state index is 0.595. The van der Waals surface area contributed by atoms with Gasteiger partial charge in [0.05, 0.1) is 9.26 Å². The van der Waals surface area contributed by atoms with Crippen molar-refractivity contribution in [3.63, 3.8) is 0 Å². The van der Waals surface area contributed by atoms with Crippen LogP contribution in [0.25, 0.3) is 0 Å². The number of nitrogens with zero attached hydrogens (tertiary/aromatic N) is 3. The number of anilines is 2. The Bertz CT molecular complexity index is 463. The molecule has 2 aliphatic rings. The average molecular weight is 386 g/mol. The second-order valence-corrected chi connectivity index (χ2v) is 7.07. The van der Waals surface area contributed by atoms with E-state index in [1.807, 2.05) is 0 Å². The number of hydrogen-bond acceptors (Lipinski definition) is 4. The molecule has 4 nitrogen and oxygen atoms in total. The molecule has 20 heavy (non-hydrogen) atoms. The fourth-order valence-electron chi connectivity index (χ4n) is 3.35. The average Bonchev–Trinajstić information content (AvgIpc) is 2.84. The van der Waals surface area contributed by atoms with E-state index in [0.29, 0.717) is 11.7 Å². The molecule has 1 aliphatic carbocycles. The van der Waals surface area contributed by atoms with Gasteiger partial charge in [-0.1, -0.05) is 25.7 Å². The molecule has 2 N–H and O–H groups in total. The van der Waals surface area contributed by atoms with E-state index < -0.39 is 0 Å². The van der Waals surface area contributed by atoms with Gasteiger partial charge in [-0.15, -0.1) is 0 Å². The molecule has 0 aromatic carbocycles. The molecular weight excluding hydrogens is 363 g/mol. The Morgan fingerprint density at radius 1 is 0.950 bits per heavy atom. The summed E-state index contributed by atoms with van der Waals surface area (Å²) in [6, 6.07) is 0. The molecule has 1 aromatic heterocycles. The highest BCUT2D eigenvalue weighted by Gasteiger charge is 2.24. The van der Waals surface area contributed by atoms with Crippen molar-refractivity contribution in [3.8, 4) is 0 Å². The zero-order valence-corrected chi connectivity index (χ0v) is 14.1.